The van der Waals surface area contributed by atoms with Gasteiger partial charge in [-0.25, -0.2) is 0 Å². The third kappa shape index (κ3) is 2.97. The van der Waals surface area contributed by atoms with Crippen LogP contribution in [0.15, 0.2) is 18.2 Å². The second-order valence-corrected chi connectivity index (χ2v) is 4.33. The highest BCUT2D eigenvalue weighted by Gasteiger charge is 2.17. The average molecular weight is 204 g/mol. The van der Waals surface area contributed by atoms with Crippen LogP contribution in [-0.2, 0) is 0 Å². The summed E-state index contributed by atoms with van der Waals surface area (Å²) in [7, 11) is 0. The van der Waals surface area contributed by atoms with Gasteiger partial charge in [0, 0.05) is 0 Å². The number of hydrogen-bond donors (Lipinski definition) is 2. The van der Waals surface area contributed by atoms with Crippen LogP contribution in [0.2, 0.25) is 0 Å². The lowest BCUT2D eigenvalue weighted by Crippen LogP contribution is -2.35. The summed E-state index contributed by atoms with van der Waals surface area (Å²) in [6.45, 7) is 5.76. The lowest BCUT2D eigenvalue weighted by atomic mass is 10.0. The molecular weight excluding hydrogens is 188 g/mol. The summed E-state index contributed by atoms with van der Waals surface area (Å²) < 4.78 is 0. The number of hydrogen-bond acceptors (Lipinski definition) is 3. The lowest BCUT2D eigenvalue weighted by molar-refractivity contribution is 0.234. The van der Waals surface area contributed by atoms with Gasteiger partial charge in [-0.1, -0.05) is 6.07 Å². The zero-order chi connectivity index (χ0) is 11.5. The minimum atomic E-state index is -0.417. The van der Waals surface area contributed by atoms with Gasteiger partial charge < -0.3 is 10.4 Å². The van der Waals surface area contributed by atoms with E-state index in [9.17, 15) is 0 Å². The molecule has 0 fully saturated rings. The molecule has 3 heteroatoms. The minimum absolute atomic E-state index is 0.0197. The molecular formula is C12H16N2O. The van der Waals surface area contributed by atoms with Crippen molar-refractivity contribution in [3.8, 4) is 6.07 Å². The van der Waals surface area contributed by atoms with Crippen molar-refractivity contribution >= 4 is 5.69 Å². The van der Waals surface area contributed by atoms with E-state index in [1.807, 2.05) is 32.9 Å². The van der Waals surface area contributed by atoms with Crippen LogP contribution in [0.25, 0.3) is 0 Å². The van der Waals surface area contributed by atoms with Gasteiger partial charge in [0.15, 0.2) is 0 Å². The van der Waals surface area contributed by atoms with E-state index >= 15 is 0 Å². The number of benzene rings is 1. The van der Waals surface area contributed by atoms with E-state index in [0.29, 0.717) is 5.56 Å². The van der Waals surface area contributed by atoms with Crippen molar-refractivity contribution in [1.82, 2.24) is 0 Å². The summed E-state index contributed by atoms with van der Waals surface area (Å²) in [5.74, 6) is 0. The normalized spacial score (nSPS) is 10.9. The Morgan fingerprint density at radius 2 is 2.13 bits per heavy atom. The average Bonchev–Trinajstić information content (AvgIpc) is 2.18. The molecule has 80 valence electrons. The molecule has 0 aliphatic rings. The van der Waals surface area contributed by atoms with Crippen molar-refractivity contribution in [3.63, 3.8) is 0 Å². The van der Waals surface area contributed by atoms with Crippen LogP contribution >= 0.6 is 0 Å². The van der Waals surface area contributed by atoms with Crippen LogP contribution in [0.5, 0.6) is 0 Å². The summed E-state index contributed by atoms with van der Waals surface area (Å²) >= 11 is 0. The molecule has 0 radical (unpaired) electrons. The fourth-order valence-electron chi connectivity index (χ4n) is 1.26. The summed E-state index contributed by atoms with van der Waals surface area (Å²) in [5.41, 5.74) is 2.04. The van der Waals surface area contributed by atoms with Crippen molar-refractivity contribution in [2.75, 3.05) is 11.9 Å². The third-order valence-electron chi connectivity index (χ3n) is 2.16. The van der Waals surface area contributed by atoms with Crippen LogP contribution in [0.3, 0.4) is 0 Å². The topological polar surface area (TPSA) is 56.0 Å². The Morgan fingerprint density at radius 3 is 2.67 bits per heavy atom. The largest absolute Gasteiger partial charge is 0.394 e. The molecule has 2 N–H and O–H groups in total. The van der Waals surface area contributed by atoms with E-state index in [2.05, 4.69) is 11.4 Å². The predicted octanol–water partition coefficient (Wildman–Crippen LogP) is 2.05. The number of aryl methyl sites for hydroxylation is 1. The Hall–Kier alpha value is -1.53. The van der Waals surface area contributed by atoms with Crippen molar-refractivity contribution < 1.29 is 5.11 Å². The Bertz CT molecular complexity index is 391. The number of nitrogens with zero attached hydrogens (tertiary/aromatic N) is 1. The number of aliphatic hydroxyl groups excluding tert-OH is 1. The first-order chi connectivity index (χ1) is 6.98. The molecule has 0 atom stereocenters. The van der Waals surface area contributed by atoms with Gasteiger partial charge in [-0.2, -0.15) is 5.26 Å². The molecule has 0 amide bonds. The first-order valence-corrected chi connectivity index (χ1v) is 4.88. The van der Waals surface area contributed by atoms with Gasteiger partial charge in [0.25, 0.3) is 0 Å². The SMILES string of the molecule is Cc1ccc(C#N)c(NC(C)(C)CO)c1. The first-order valence-electron chi connectivity index (χ1n) is 4.88. The van der Waals surface area contributed by atoms with Crippen LogP contribution < -0.4 is 5.32 Å². The number of anilines is 1. The minimum Gasteiger partial charge on any atom is -0.394 e. The molecule has 15 heavy (non-hydrogen) atoms. The van der Waals surface area contributed by atoms with Crippen molar-refractivity contribution in [2.45, 2.75) is 26.3 Å². The van der Waals surface area contributed by atoms with Gasteiger partial charge in [-0.15, -0.1) is 0 Å². The summed E-state index contributed by atoms with van der Waals surface area (Å²) in [6.07, 6.45) is 0. The molecule has 0 saturated heterocycles. The Kier molecular flexibility index (Phi) is 3.33. The second kappa shape index (κ2) is 4.33. The second-order valence-electron chi connectivity index (χ2n) is 4.33. The molecule has 0 spiro atoms. The fourth-order valence-corrected chi connectivity index (χ4v) is 1.26. The fraction of sp³-hybridized carbons (Fsp3) is 0.417. The molecule has 0 unspecified atom stereocenters. The summed E-state index contributed by atoms with van der Waals surface area (Å²) in [6, 6.07) is 7.72. The highest BCUT2D eigenvalue weighted by atomic mass is 16.3. The van der Waals surface area contributed by atoms with Crippen molar-refractivity contribution in [3.05, 3.63) is 29.3 Å². The van der Waals surface area contributed by atoms with Crippen molar-refractivity contribution in [1.29, 1.82) is 5.26 Å². The zero-order valence-electron chi connectivity index (χ0n) is 9.33. The maximum Gasteiger partial charge on any atom is 0.101 e. The van der Waals surface area contributed by atoms with Crippen LogP contribution in [0.4, 0.5) is 5.69 Å². The molecule has 0 aliphatic heterocycles. The summed E-state index contributed by atoms with van der Waals surface area (Å²) in [5, 5.41) is 21.2. The molecule has 0 heterocycles. The quantitative estimate of drug-likeness (QED) is 0.792. The number of nitriles is 1. The van der Waals surface area contributed by atoms with E-state index in [-0.39, 0.29) is 6.61 Å². The molecule has 3 nitrogen and oxygen atoms in total. The van der Waals surface area contributed by atoms with Gasteiger partial charge >= 0.3 is 0 Å². The van der Waals surface area contributed by atoms with Crippen LogP contribution in [-0.4, -0.2) is 17.3 Å². The van der Waals surface area contributed by atoms with E-state index in [4.69, 9.17) is 10.4 Å². The summed E-state index contributed by atoms with van der Waals surface area (Å²) in [4.78, 5) is 0. The molecule has 1 aromatic carbocycles. The lowest BCUT2D eigenvalue weighted by Gasteiger charge is -2.25. The maximum absolute atomic E-state index is 9.14. The van der Waals surface area contributed by atoms with Crippen molar-refractivity contribution in [2.24, 2.45) is 0 Å². The van der Waals surface area contributed by atoms with E-state index in [1.165, 1.54) is 0 Å². The van der Waals surface area contributed by atoms with Gasteiger partial charge in [-0.3, -0.25) is 0 Å². The highest BCUT2D eigenvalue weighted by molar-refractivity contribution is 5.59. The number of aliphatic hydroxyl groups is 1. The number of nitrogens with one attached hydrogen (secondary N) is 1. The molecule has 0 aliphatic carbocycles. The molecule has 1 aromatic rings. The van der Waals surface area contributed by atoms with Crippen LogP contribution in [0.1, 0.15) is 25.0 Å². The van der Waals surface area contributed by atoms with Gasteiger partial charge in [0.05, 0.1) is 23.4 Å². The van der Waals surface area contributed by atoms with E-state index < -0.39 is 5.54 Å². The molecule has 0 bridgehead atoms. The predicted molar refractivity (Wildman–Crippen MR) is 60.7 cm³/mol. The Morgan fingerprint density at radius 1 is 1.47 bits per heavy atom. The smallest absolute Gasteiger partial charge is 0.101 e. The number of rotatable bonds is 3. The zero-order valence-corrected chi connectivity index (χ0v) is 9.33. The van der Waals surface area contributed by atoms with Gasteiger partial charge in [-0.05, 0) is 38.5 Å². The third-order valence-corrected chi connectivity index (χ3v) is 2.16. The maximum atomic E-state index is 9.14. The van der Waals surface area contributed by atoms with Gasteiger partial charge in [0.2, 0.25) is 0 Å². The Labute approximate surface area is 90.4 Å². The molecule has 1 rings (SSSR count). The molecule has 0 aromatic heterocycles. The molecule has 0 saturated carbocycles. The first kappa shape index (κ1) is 11.5. The monoisotopic (exact) mass is 204 g/mol. The van der Waals surface area contributed by atoms with E-state index in [0.717, 1.165) is 11.3 Å². The Balaban J connectivity index is 3.04. The van der Waals surface area contributed by atoms with Crippen LogP contribution in [0, 0.1) is 18.3 Å². The highest BCUT2D eigenvalue weighted by Crippen LogP contribution is 2.20. The standard InChI is InChI=1S/C12H16N2O/c1-9-4-5-10(7-13)11(6-9)14-12(2,3)8-15/h4-6,14-15H,8H2,1-3H3. The van der Waals surface area contributed by atoms with E-state index in [1.54, 1.807) is 6.07 Å². The van der Waals surface area contributed by atoms with Gasteiger partial charge in [0.1, 0.15) is 6.07 Å².